The minimum absolute atomic E-state index is 0.334. The second kappa shape index (κ2) is 10.7. The number of hydrogen-bond acceptors (Lipinski definition) is 6. The van der Waals surface area contributed by atoms with Gasteiger partial charge in [-0.25, -0.2) is 0 Å². The molecule has 7 heteroatoms. The SMILES string of the molecule is C/C=C\N/C(=C\CC)C(=N)c1cc(NSc2ccccc2S(C)=O)ccc1N. The minimum atomic E-state index is -1.06. The highest BCUT2D eigenvalue weighted by molar-refractivity contribution is 8.01. The lowest BCUT2D eigenvalue weighted by Gasteiger charge is -2.14. The maximum atomic E-state index is 11.9. The highest BCUT2D eigenvalue weighted by atomic mass is 32.2. The first-order chi connectivity index (χ1) is 13.5. The molecular weight excluding hydrogens is 388 g/mol. The Morgan fingerprint density at radius 3 is 2.71 bits per heavy atom. The van der Waals surface area contributed by atoms with Crippen molar-refractivity contribution >= 4 is 39.8 Å². The average molecular weight is 415 g/mol. The molecule has 0 aliphatic rings. The van der Waals surface area contributed by atoms with E-state index in [-0.39, 0.29) is 0 Å². The molecule has 0 aliphatic heterocycles. The zero-order chi connectivity index (χ0) is 20.5. The number of nitrogen functional groups attached to an aromatic ring is 1. The average Bonchev–Trinajstić information content (AvgIpc) is 2.70. The summed E-state index contributed by atoms with van der Waals surface area (Å²) in [5.41, 5.74) is 9.19. The maximum absolute atomic E-state index is 11.9. The van der Waals surface area contributed by atoms with Crippen LogP contribution in [0.4, 0.5) is 11.4 Å². The summed E-state index contributed by atoms with van der Waals surface area (Å²) in [6.07, 6.45) is 8.11. The highest BCUT2D eigenvalue weighted by Gasteiger charge is 2.12. The molecule has 5 N–H and O–H groups in total. The Balaban J connectivity index is 2.24. The molecule has 0 saturated carbocycles. The molecule has 148 valence electrons. The zero-order valence-corrected chi connectivity index (χ0v) is 17.9. The highest BCUT2D eigenvalue weighted by Crippen LogP contribution is 2.28. The monoisotopic (exact) mass is 414 g/mol. The Kier molecular flexibility index (Phi) is 8.35. The van der Waals surface area contributed by atoms with Crippen molar-refractivity contribution in [3.8, 4) is 0 Å². The predicted octanol–water partition coefficient (Wildman–Crippen LogP) is 4.91. The fourth-order valence-electron chi connectivity index (χ4n) is 2.48. The lowest BCUT2D eigenvalue weighted by Crippen LogP contribution is -2.17. The maximum Gasteiger partial charge on any atom is 0.0865 e. The summed E-state index contributed by atoms with van der Waals surface area (Å²) < 4.78 is 15.2. The van der Waals surface area contributed by atoms with Crippen molar-refractivity contribution in [3.05, 3.63) is 72.1 Å². The van der Waals surface area contributed by atoms with Gasteiger partial charge in [0.1, 0.15) is 0 Å². The normalized spacial score (nSPS) is 12.8. The van der Waals surface area contributed by atoms with Crippen LogP contribution < -0.4 is 15.8 Å². The van der Waals surface area contributed by atoms with Crippen molar-refractivity contribution in [2.24, 2.45) is 0 Å². The van der Waals surface area contributed by atoms with E-state index in [1.54, 1.807) is 18.5 Å². The van der Waals surface area contributed by atoms with Crippen molar-refractivity contribution in [1.82, 2.24) is 5.32 Å². The van der Waals surface area contributed by atoms with E-state index in [0.29, 0.717) is 22.7 Å². The fraction of sp³-hybridized carbons (Fsp3) is 0.190. The molecule has 2 aromatic rings. The van der Waals surface area contributed by atoms with E-state index in [1.807, 2.05) is 62.4 Å². The molecule has 2 aromatic carbocycles. The van der Waals surface area contributed by atoms with Crippen LogP contribution in [0.5, 0.6) is 0 Å². The summed E-state index contributed by atoms with van der Waals surface area (Å²) in [6, 6.07) is 13.1. The van der Waals surface area contributed by atoms with Gasteiger partial charge in [0.15, 0.2) is 0 Å². The van der Waals surface area contributed by atoms with Crippen LogP contribution in [0.2, 0.25) is 0 Å². The molecule has 0 spiro atoms. The van der Waals surface area contributed by atoms with Crippen LogP contribution >= 0.6 is 11.9 Å². The number of nitrogens with two attached hydrogens (primary N) is 1. The molecule has 1 unspecified atom stereocenters. The van der Waals surface area contributed by atoms with Gasteiger partial charge in [0.25, 0.3) is 0 Å². The van der Waals surface area contributed by atoms with Crippen LogP contribution in [0.3, 0.4) is 0 Å². The number of nitrogens with one attached hydrogen (secondary N) is 3. The molecule has 0 amide bonds. The van der Waals surface area contributed by atoms with Gasteiger partial charge < -0.3 is 15.8 Å². The molecule has 28 heavy (non-hydrogen) atoms. The van der Waals surface area contributed by atoms with E-state index in [4.69, 9.17) is 11.1 Å². The van der Waals surface area contributed by atoms with Gasteiger partial charge in [-0.15, -0.1) is 0 Å². The molecule has 0 fully saturated rings. The third-order valence-corrected chi connectivity index (χ3v) is 5.86. The molecule has 0 radical (unpaired) electrons. The molecule has 0 saturated heterocycles. The molecule has 0 heterocycles. The quantitative estimate of drug-likeness (QED) is 0.266. The Labute approximate surface area is 173 Å². The summed E-state index contributed by atoms with van der Waals surface area (Å²) in [5, 5.41) is 11.7. The number of hydrogen-bond donors (Lipinski definition) is 4. The number of rotatable bonds is 9. The van der Waals surface area contributed by atoms with Crippen molar-refractivity contribution in [2.75, 3.05) is 16.7 Å². The van der Waals surface area contributed by atoms with Gasteiger partial charge in [-0.2, -0.15) is 0 Å². The van der Waals surface area contributed by atoms with Crippen LogP contribution in [-0.2, 0) is 10.8 Å². The summed E-state index contributed by atoms with van der Waals surface area (Å²) >= 11 is 1.39. The summed E-state index contributed by atoms with van der Waals surface area (Å²) in [7, 11) is -1.06. The Bertz CT molecular complexity index is 922. The van der Waals surface area contributed by atoms with Crippen molar-refractivity contribution in [2.45, 2.75) is 30.1 Å². The first-order valence-corrected chi connectivity index (χ1v) is 11.3. The second-order valence-electron chi connectivity index (χ2n) is 5.95. The zero-order valence-electron chi connectivity index (χ0n) is 16.3. The molecule has 0 aliphatic carbocycles. The van der Waals surface area contributed by atoms with Crippen LogP contribution in [0.1, 0.15) is 25.8 Å². The van der Waals surface area contributed by atoms with Gasteiger partial charge in [0, 0.05) is 28.1 Å². The Morgan fingerprint density at radius 1 is 1.29 bits per heavy atom. The summed E-state index contributed by atoms with van der Waals surface area (Å²) in [6.45, 7) is 3.94. The van der Waals surface area contributed by atoms with Crippen molar-refractivity contribution in [3.63, 3.8) is 0 Å². The van der Waals surface area contributed by atoms with E-state index in [0.717, 1.165) is 21.9 Å². The minimum Gasteiger partial charge on any atom is -0.398 e. The molecule has 2 rings (SSSR count). The lowest BCUT2D eigenvalue weighted by atomic mass is 10.0. The molecule has 0 bridgehead atoms. The van der Waals surface area contributed by atoms with Gasteiger partial charge in [-0.05, 0) is 61.8 Å². The van der Waals surface area contributed by atoms with Gasteiger partial charge in [-0.1, -0.05) is 31.2 Å². The molecular formula is C21H26N4OS2. The third-order valence-electron chi connectivity index (χ3n) is 3.84. The van der Waals surface area contributed by atoms with E-state index in [9.17, 15) is 4.21 Å². The topological polar surface area (TPSA) is 91.0 Å². The number of anilines is 2. The third kappa shape index (κ3) is 5.74. The first-order valence-electron chi connectivity index (χ1n) is 8.89. The van der Waals surface area contributed by atoms with Crippen LogP contribution in [0.25, 0.3) is 0 Å². The van der Waals surface area contributed by atoms with E-state index in [1.165, 1.54) is 11.9 Å². The predicted molar refractivity (Wildman–Crippen MR) is 122 cm³/mol. The lowest BCUT2D eigenvalue weighted by molar-refractivity contribution is 0.685. The van der Waals surface area contributed by atoms with Gasteiger partial charge in [0.2, 0.25) is 0 Å². The van der Waals surface area contributed by atoms with Crippen LogP contribution in [0, 0.1) is 5.41 Å². The first kappa shape index (κ1) is 21.8. The van der Waals surface area contributed by atoms with Gasteiger partial charge >= 0.3 is 0 Å². The Hall–Kier alpha value is -2.51. The molecule has 0 aromatic heterocycles. The van der Waals surface area contributed by atoms with Crippen LogP contribution in [-0.4, -0.2) is 16.2 Å². The summed E-state index contributed by atoms with van der Waals surface area (Å²) in [4.78, 5) is 1.69. The Morgan fingerprint density at radius 2 is 2.04 bits per heavy atom. The van der Waals surface area contributed by atoms with Crippen molar-refractivity contribution in [1.29, 1.82) is 5.41 Å². The molecule has 1 atom stereocenters. The summed E-state index contributed by atoms with van der Waals surface area (Å²) in [5.74, 6) is 0. The smallest absolute Gasteiger partial charge is 0.0865 e. The number of allylic oxidation sites excluding steroid dienone is 3. The van der Waals surface area contributed by atoms with E-state index >= 15 is 0 Å². The second-order valence-corrected chi connectivity index (χ2v) is 8.15. The van der Waals surface area contributed by atoms with E-state index < -0.39 is 10.8 Å². The standard InChI is InChI=1S/C21H26N4OS2/c1-4-8-18(24-13-5-2)21(23)16-14-15(11-12-17(16)22)25-27-19-9-6-7-10-20(19)28(3)26/h5-14,23-25H,4,22H2,1-3H3/b13-5-,18-8-,23-21?. The molecule has 5 nitrogen and oxygen atoms in total. The fourth-order valence-corrected chi connectivity index (χ4v) is 4.25. The van der Waals surface area contributed by atoms with Gasteiger partial charge in [0.05, 0.1) is 27.1 Å². The van der Waals surface area contributed by atoms with Gasteiger partial charge in [-0.3, -0.25) is 9.62 Å². The van der Waals surface area contributed by atoms with E-state index in [2.05, 4.69) is 10.0 Å². The van der Waals surface area contributed by atoms with Crippen molar-refractivity contribution < 1.29 is 4.21 Å². The van der Waals surface area contributed by atoms with Crippen LogP contribution in [0.15, 0.2) is 76.3 Å². The number of benzene rings is 2. The largest absolute Gasteiger partial charge is 0.398 e.